The molecule has 1 fully saturated rings. The van der Waals surface area contributed by atoms with Crippen LogP contribution in [0.3, 0.4) is 0 Å². The van der Waals surface area contributed by atoms with Crippen LogP contribution in [-0.2, 0) is 9.53 Å². The largest absolute Gasteiger partial charge is 0.460 e. The number of halogens is 1. The van der Waals surface area contributed by atoms with Gasteiger partial charge < -0.3 is 10.1 Å². The molecule has 0 radical (unpaired) electrons. The predicted octanol–water partition coefficient (Wildman–Crippen LogP) is 3.04. The summed E-state index contributed by atoms with van der Waals surface area (Å²) in [6.45, 7) is 7.55. The number of ether oxygens (including phenoxy) is 1. The van der Waals surface area contributed by atoms with E-state index in [0.29, 0.717) is 0 Å². The zero-order valence-corrected chi connectivity index (χ0v) is 13.2. The summed E-state index contributed by atoms with van der Waals surface area (Å²) in [5.74, 6) is -0.0456. The maximum Gasteiger partial charge on any atom is 0.313 e. The van der Waals surface area contributed by atoms with Crippen molar-refractivity contribution in [1.82, 2.24) is 5.32 Å². The van der Waals surface area contributed by atoms with Crippen LogP contribution in [0.5, 0.6) is 0 Å². The van der Waals surface area contributed by atoms with Crippen molar-refractivity contribution in [3.63, 3.8) is 0 Å². The van der Waals surface area contributed by atoms with Gasteiger partial charge in [-0.15, -0.1) is 0 Å². The van der Waals surface area contributed by atoms with Crippen LogP contribution in [0.1, 0.15) is 40.0 Å². The van der Waals surface area contributed by atoms with Gasteiger partial charge in [-0.2, -0.15) is 0 Å². The number of carbonyl (C=O) groups excluding carboxylic acids is 1. The lowest BCUT2D eigenvalue weighted by molar-refractivity contribution is -0.169. The third kappa shape index (κ3) is 4.73. The van der Waals surface area contributed by atoms with E-state index >= 15 is 0 Å². The Labute approximate surface area is 118 Å². The van der Waals surface area contributed by atoms with Crippen molar-refractivity contribution >= 4 is 21.9 Å². The van der Waals surface area contributed by atoms with E-state index in [1.807, 2.05) is 26.8 Å². The van der Waals surface area contributed by atoms with E-state index in [1.54, 1.807) is 0 Å². The quantitative estimate of drug-likeness (QED) is 0.492. The first-order chi connectivity index (χ1) is 8.40. The smallest absolute Gasteiger partial charge is 0.313 e. The first-order valence-electron chi connectivity index (χ1n) is 6.55. The van der Waals surface area contributed by atoms with Crippen molar-refractivity contribution in [1.29, 1.82) is 0 Å². The topological polar surface area (TPSA) is 38.3 Å². The van der Waals surface area contributed by atoms with E-state index in [4.69, 9.17) is 4.74 Å². The van der Waals surface area contributed by atoms with Crippen LogP contribution in [0.15, 0.2) is 12.2 Å². The highest BCUT2D eigenvalue weighted by atomic mass is 79.9. The molecule has 0 saturated carbocycles. The van der Waals surface area contributed by atoms with Crippen molar-refractivity contribution < 1.29 is 9.53 Å². The maximum absolute atomic E-state index is 12.4. The minimum Gasteiger partial charge on any atom is -0.460 e. The first kappa shape index (κ1) is 15.7. The number of piperidine rings is 1. The molecule has 4 heteroatoms. The second-order valence-corrected chi connectivity index (χ2v) is 6.51. The lowest BCUT2D eigenvalue weighted by Crippen LogP contribution is -2.45. The number of hydrogen-bond donors (Lipinski definition) is 1. The summed E-state index contributed by atoms with van der Waals surface area (Å²) >= 11 is 3.36. The van der Waals surface area contributed by atoms with E-state index in [-0.39, 0.29) is 11.4 Å². The van der Waals surface area contributed by atoms with Gasteiger partial charge in [0.05, 0.1) is 5.41 Å². The van der Waals surface area contributed by atoms with Crippen LogP contribution < -0.4 is 5.32 Å². The van der Waals surface area contributed by atoms with E-state index < -0.39 is 5.60 Å². The number of esters is 1. The minimum atomic E-state index is -0.409. The summed E-state index contributed by atoms with van der Waals surface area (Å²) in [5.41, 5.74) is -0.745. The summed E-state index contributed by atoms with van der Waals surface area (Å²) in [6.07, 6.45) is 6.62. The number of hydrogen-bond acceptors (Lipinski definition) is 3. The van der Waals surface area contributed by atoms with Crippen LogP contribution >= 0.6 is 15.9 Å². The fourth-order valence-corrected chi connectivity index (χ4v) is 2.42. The molecule has 0 atom stereocenters. The minimum absolute atomic E-state index is 0.0456. The monoisotopic (exact) mass is 317 g/mol. The molecule has 0 aliphatic carbocycles. The van der Waals surface area contributed by atoms with Gasteiger partial charge in [0, 0.05) is 5.33 Å². The first-order valence-corrected chi connectivity index (χ1v) is 7.67. The molecule has 0 aromatic rings. The Morgan fingerprint density at radius 3 is 2.44 bits per heavy atom. The van der Waals surface area contributed by atoms with Crippen molar-refractivity contribution in [3.8, 4) is 0 Å². The number of nitrogens with one attached hydrogen (secondary N) is 1. The molecule has 0 aromatic heterocycles. The van der Waals surface area contributed by atoms with Gasteiger partial charge >= 0.3 is 5.97 Å². The molecule has 0 spiro atoms. The molecule has 1 saturated heterocycles. The Morgan fingerprint density at radius 2 is 1.94 bits per heavy atom. The molecule has 1 aliphatic rings. The van der Waals surface area contributed by atoms with Gasteiger partial charge in [-0.25, -0.2) is 0 Å². The number of alkyl halides is 1. The lowest BCUT2D eigenvalue weighted by atomic mass is 9.76. The molecule has 18 heavy (non-hydrogen) atoms. The summed E-state index contributed by atoms with van der Waals surface area (Å²) in [4.78, 5) is 12.4. The zero-order chi connectivity index (χ0) is 13.6. The molecule has 1 heterocycles. The van der Waals surface area contributed by atoms with Crippen molar-refractivity contribution in [2.75, 3.05) is 18.4 Å². The third-order valence-corrected chi connectivity index (χ3v) is 3.53. The predicted molar refractivity (Wildman–Crippen MR) is 77.9 cm³/mol. The average Bonchev–Trinajstić information content (AvgIpc) is 2.28. The summed E-state index contributed by atoms with van der Waals surface area (Å²) < 4.78 is 5.60. The maximum atomic E-state index is 12.4. The zero-order valence-electron chi connectivity index (χ0n) is 11.6. The summed E-state index contributed by atoms with van der Waals surface area (Å²) in [7, 11) is 0. The fraction of sp³-hybridized carbons (Fsp3) is 0.786. The molecule has 0 unspecified atom stereocenters. The molecular formula is C14H24BrNO2. The Kier molecular flexibility index (Phi) is 5.86. The van der Waals surface area contributed by atoms with Gasteiger partial charge in [-0.3, -0.25) is 4.79 Å². The molecule has 0 bridgehead atoms. The Morgan fingerprint density at radius 1 is 1.33 bits per heavy atom. The number of allylic oxidation sites excluding steroid dienone is 2. The molecule has 1 aliphatic heterocycles. The van der Waals surface area contributed by atoms with Crippen molar-refractivity contribution in [2.45, 2.75) is 45.6 Å². The van der Waals surface area contributed by atoms with Gasteiger partial charge in [0.1, 0.15) is 5.60 Å². The number of rotatable bonds is 4. The fourth-order valence-electron chi connectivity index (χ4n) is 2.16. The van der Waals surface area contributed by atoms with Crippen LogP contribution in [0.4, 0.5) is 0 Å². The number of carbonyl (C=O) groups is 1. The molecule has 104 valence electrons. The van der Waals surface area contributed by atoms with E-state index in [2.05, 4.69) is 27.3 Å². The normalized spacial score (nSPS) is 20.0. The van der Waals surface area contributed by atoms with Crippen LogP contribution in [-0.4, -0.2) is 30.0 Å². The van der Waals surface area contributed by atoms with E-state index in [1.165, 1.54) is 0 Å². The lowest BCUT2D eigenvalue weighted by Gasteiger charge is -2.36. The summed E-state index contributed by atoms with van der Waals surface area (Å²) in [6, 6.07) is 0. The Balaban J connectivity index is 2.76. The van der Waals surface area contributed by atoms with Gasteiger partial charge in [-0.1, -0.05) is 28.1 Å². The SMILES string of the molecule is CC(C)(C)OC(=O)C1(CC=CCBr)CCNCC1. The van der Waals surface area contributed by atoms with Crippen molar-refractivity contribution in [3.05, 3.63) is 12.2 Å². The van der Waals surface area contributed by atoms with Crippen LogP contribution in [0, 0.1) is 5.41 Å². The third-order valence-electron chi connectivity index (χ3n) is 3.16. The molecular weight excluding hydrogens is 294 g/mol. The van der Waals surface area contributed by atoms with E-state index in [9.17, 15) is 4.79 Å². The Bertz CT molecular complexity index is 301. The standard InChI is InChI=1S/C14H24BrNO2/c1-13(2,3)18-12(17)14(6-4-5-9-15)7-10-16-11-8-14/h4-5,16H,6-11H2,1-3H3. The average molecular weight is 318 g/mol. The van der Waals surface area contributed by atoms with Gasteiger partial charge in [0.15, 0.2) is 0 Å². The van der Waals surface area contributed by atoms with Gasteiger partial charge in [0.25, 0.3) is 0 Å². The van der Waals surface area contributed by atoms with Crippen LogP contribution in [0.2, 0.25) is 0 Å². The molecule has 1 rings (SSSR count). The highest BCUT2D eigenvalue weighted by Crippen LogP contribution is 2.36. The van der Waals surface area contributed by atoms with Gasteiger partial charge in [-0.05, 0) is 53.1 Å². The summed E-state index contributed by atoms with van der Waals surface area (Å²) in [5, 5.41) is 4.14. The molecule has 0 aromatic carbocycles. The van der Waals surface area contributed by atoms with E-state index in [0.717, 1.165) is 37.7 Å². The van der Waals surface area contributed by atoms with Gasteiger partial charge in [0.2, 0.25) is 0 Å². The molecule has 3 nitrogen and oxygen atoms in total. The Hall–Kier alpha value is -0.350. The molecule has 1 N–H and O–H groups in total. The second-order valence-electron chi connectivity index (χ2n) is 5.86. The van der Waals surface area contributed by atoms with Crippen LogP contribution in [0.25, 0.3) is 0 Å². The second kappa shape index (κ2) is 6.71. The molecule has 0 amide bonds. The highest BCUT2D eigenvalue weighted by molar-refractivity contribution is 9.09. The van der Waals surface area contributed by atoms with Crippen molar-refractivity contribution in [2.24, 2.45) is 5.41 Å². The highest BCUT2D eigenvalue weighted by Gasteiger charge is 2.41.